The third kappa shape index (κ3) is 3.88. The van der Waals surface area contributed by atoms with E-state index in [0.29, 0.717) is 5.56 Å². The number of aromatic nitrogens is 2. The van der Waals surface area contributed by atoms with Crippen LogP contribution in [-0.4, -0.2) is 33.4 Å². The highest BCUT2D eigenvalue weighted by Gasteiger charge is 2.22. The molecule has 0 spiro atoms. The quantitative estimate of drug-likeness (QED) is 0.711. The van der Waals surface area contributed by atoms with Crippen LogP contribution < -0.4 is 10.6 Å². The van der Waals surface area contributed by atoms with Crippen molar-refractivity contribution in [1.29, 1.82) is 0 Å². The zero-order chi connectivity index (χ0) is 18.8. The van der Waals surface area contributed by atoms with Crippen molar-refractivity contribution < 1.29 is 9.59 Å². The lowest BCUT2D eigenvalue weighted by molar-refractivity contribution is -0.123. The summed E-state index contributed by atoms with van der Waals surface area (Å²) in [6.45, 7) is 1.72. The Labute approximate surface area is 161 Å². The second-order valence-electron chi connectivity index (χ2n) is 6.95. The van der Waals surface area contributed by atoms with E-state index in [-0.39, 0.29) is 17.9 Å². The molecule has 1 aromatic carbocycles. The van der Waals surface area contributed by atoms with Gasteiger partial charge >= 0.3 is 0 Å². The Morgan fingerprint density at radius 1 is 1.22 bits per heavy atom. The normalized spacial score (nSPS) is 15.7. The maximum atomic E-state index is 12.6. The van der Waals surface area contributed by atoms with Crippen molar-refractivity contribution in [3.8, 4) is 5.13 Å². The van der Waals surface area contributed by atoms with Gasteiger partial charge in [0.15, 0.2) is 5.13 Å². The smallest absolute Gasteiger partial charge is 0.251 e. The molecule has 1 saturated carbocycles. The van der Waals surface area contributed by atoms with Crippen LogP contribution in [0.2, 0.25) is 0 Å². The number of carbonyl (C=O) groups excluding carboxylic acids is 2. The molecule has 0 saturated heterocycles. The number of rotatable bonds is 5. The highest BCUT2D eigenvalue weighted by atomic mass is 32.1. The van der Waals surface area contributed by atoms with E-state index < -0.39 is 6.04 Å². The van der Waals surface area contributed by atoms with E-state index >= 15 is 0 Å². The van der Waals surface area contributed by atoms with Crippen LogP contribution in [0.5, 0.6) is 0 Å². The first-order valence-electron chi connectivity index (χ1n) is 9.25. The molecule has 2 N–H and O–H groups in total. The van der Waals surface area contributed by atoms with Crippen molar-refractivity contribution in [2.45, 2.75) is 44.7 Å². The predicted octanol–water partition coefficient (Wildman–Crippen LogP) is 3.26. The summed E-state index contributed by atoms with van der Waals surface area (Å²) in [6.07, 6.45) is 8.25. The van der Waals surface area contributed by atoms with Gasteiger partial charge in [-0.3, -0.25) is 9.59 Å². The first-order valence-corrected chi connectivity index (χ1v) is 10.1. The van der Waals surface area contributed by atoms with Crippen molar-refractivity contribution in [3.63, 3.8) is 0 Å². The van der Waals surface area contributed by atoms with Crippen LogP contribution in [0, 0.1) is 0 Å². The van der Waals surface area contributed by atoms with E-state index in [1.54, 1.807) is 13.0 Å². The third-order valence-electron chi connectivity index (χ3n) is 4.91. The topological polar surface area (TPSA) is 76.0 Å². The van der Waals surface area contributed by atoms with E-state index in [4.69, 9.17) is 0 Å². The van der Waals surface area contributed by atoms with Crippen molar-refractivity contribution >= 4 is 33.4 Å². The monoisotopic (exact) mass is 382 g/mol. The molecular weight excluding hydrogens is 360 g/mol. The molecule has 4 rings (SSSR count). The van der Waals surface area contributed by atoms with E-state index in [1.807, 2.05) is 41.2 Å². The van der Waals surface area contributed by atoms with Crippen LogP contribution in [0.1, 0.15) is 43.0 Å². The SMILES string of the molecule is C[C@H](NC(=O)c1ccc2nc(-n3cccc3)sc2c1)C(=O)NC1CCCC1. The van der Waals surface area contributed by atoms with Gasteiger partial charge in [0.25, 0.3) is 5.91 Å². The largest absolute Gasteiger partial charge is 0.352 e. The molecule has 2 heterocycles. The molecule has 1 fully saturated rings. The lowest BCUT2D eigenvalue weighted by Crippen LogP contribution is -2.47. The Balaban J connectivity index is 1.44. The van der Waals surface area contributed by atoms with Crippen molar-refractivity contribution in [1.82, 2.24) is 20.2 Å². The van der Waals surface area contributed by atoms with Crippen molar-refractivity contribution in [3.05, 3.63) is 48.3 Å². The Morgan fingerprint density at radius 2 is 1.96 bits per heavy atom. The van der Waals surface area contributed by atoms with E-state index in [0.717, 1.165) is 41.0 Å². The van der Waals surface area contributed by atoms with E-state index in [9.17, 15) is 9.59 Å². The number of benzene rings is 1. The van der Waals surface area contributed by atoms with Gasteiger partial charge in [0, 0.05) is 24.0 Å². The number of hydrogen-bond donors (Lipinski definition) is 2. The Hall–Kier alpha value is -2.67. The van der Waals surface area contributed by atoms with E-state index in [2.05, 4.69) is 15.6 Å². The fraction of sp³-hybridized carbons (Fsp3) is 0.350. The minimum Gasteiger partial charge on any atom is -0.352 e. The zero-order valence-corrected chi connectivity index (χ0v) is 16.0. The molecule has 1 aliphatic rings. The summed E-state index contributed by atoms with van der Waals surface area (Å²) >= 11 is 1.53. The number of nitrogens with zero attached hydrogens (tertiary/aromatic N) is 2. The first-order chi connectivity index (χ1) is 13.1. The lowest BCUT2D eigenvalue weighted by Gasteiger charge is -2.17. The van der Waals surface area contributed by atoms with Crippen LogP contribution >= 0.6 is 11.3 Å². The summed E-state index contributed by atoms with van der Waals surface area (Å²) in [5.74, 6) is -0.370. The van der Waals surface area contributed by atoms with Gasteiger partial charge in [-0.15, -0.1) is 0 Å². The third-order valence-corrected chi connectivity index (χ3v) is 5.94. The first kappa shape index (κ1) is 17.7. The van der Waals surface area contributed by atoms with Gasteiger partial charge in [-0.1, -0.05) is 24.2 Å². The molecule has 27 heavy (non-hydrogen) atoms. The average Bonchev–Trinajstić information content (AvgIpc) is 3.41. The van der Waals surface area contributed by atoms with Crippen LogP contribution in [0.25, 0.3) is 15.3 Å². The molecule has 0 aliphatic heterocycles. The molecule has 2 amide bonds. The summed E-state index contributed by atoms with van der Waals surface area (Å²) in [5.41, 5.74) is 1.39. The molecular formula is C20H22N4O2S. The van der Waals surface area contributed by atoms with Gasteiger partial charge in [-0.25, -0.2) is 4.98 Å². The predicted molar refractivity (Wildman–Crippen MR) is 106 cm³/mol. The maximum absolute atomic E-state index is 12.6. The highest BCUT2D eigenvalue weighted by molar-refractivity contribution is 7.20. The number of carbonyl (C=O) groups is 2. The molecule has 7 heteroatoms. The minimum atomic E-state index is -0.564. The molecule has 0 radical (unpaired) electrons. The number of amides is 2. The summed E-state index contributed by atoms with van der Waals surface area (Å²) < 4.78 is 2.88. The Bertz CT molecular complexity index is 958. The van der Waals surface area contributed by atoms with Gasteiger partial charge in [-0.05, 0) is 50.1 Å². The highest BCUT2D eigenvalue weighted by Crippen LogP contribution is 2.26. The zero-order valence-electron chi connectivity index (χ0n) is 15.1. The number of nitrogens with one attached hydrogen (secondary N) is 2. The summed E-state index contributed by atoms with van der Waals surface area (Å²) in [5, 5.41) is 6.67. The van der Waals surface area contributed by atoms with Gasteiger partial charge in [0.1, 0.15) is 6.04 Å². The van der Waals surface area contributed by atoms with E-state index in [1.165, 1.54) is 11.3 Å². The fourth-order valence-corrected chi connectivity index (χ4v) is 4.34. The molecule has 1 aliphatic carbocycles. The molecule has 3 aromatic rings. The summed E-state index contributed by atoms with van der Waals surface area (Å²) in [6, 6.07) is 9.00. The van der Waals surface area contributed by atoms with Crippen LogP contribution in [0.3, 0.4) is 0 Å². The summed E-state index contributed by atoms with van der Waals surface area (Å²) in [7, 11) is 0. The van der Waals surface area contributed by atoms with Crippen LogP contribution in [0.15, 0.2) is 42.7 Å². The Morgan fingerprint density at radius 3 is 2.70 bits per heavy atom. The second kappa shape index (κ2) is 7.52. The number of thiazole rings is 1. The van der Waals surface area contributed by atoms with Crippen LogP contribution in [-0.2, 0) is 4.79 Å². The number of fused-ring (bicyclic) bond motifs is 1. The summed E-state index contributed by atoms with van der Waals surface area (Å²) in [4.78, 5) is 29.4. The van der Waals surface area contributed by atoms with Gasteiger partial charge in [-0.2, -0.15) is 0 Å². The minimum absolute atomic E-state index is 0.121. The molecule has 2 aromatic heterocycles. The molecule has 6 nitrogen and oxygen atoms in total. The second-order valence-corrected chi connectivity index (χ2v) is 7.96. The lowest BCUT2D eigenvalue weighted by atomic mass is 10.1. The molecule has 140 valence electrons. The van der Waals surface area contributed by atoms with Crippen LogP contribution in [0.4, 0.5) is 0 Å². The van der Waals surface area contributed by atoms with Gasteiger partial charge in [0.05, 0.1) is 10.2 Å². The number of hydrogen-bond acceptors (Lipinski definition) is 4. The van der Waals surface area contributed by atoms with Crippen molar-refractivity contribution in [2.75, 3.05) is 0 Å². The molecule has 0 bridgehead atoms. The fourth-order valence-electron chi connectivity index (χ4n) is 3.37. The molecule has 0 unspecified atom stereocenters. The van der Waals surface area contributed by atoms with Gasteiger partial charge in [0.2, 0.25) is 5.91 Å². The van der Waals surface area contributed by atoms with Gasteiger partial charge < -0.3 is 15.2 Å². The molecule has 1 atom stereocenters. The van der Waals surface area contributed by atoms with Crippen molar-refractivity contribution in [2.24, 2.45) is 0 Å². The average molecular weight is 382 g/mol. The Kier molecular flexibility index (Phi) is 4.94. The maximum Gasteiger partial charge on any atom is 0.251 e. The standard InChI is InChI=1S/C20H22N4O2S/c1-13(18(25)22-15-6-2-3-7-15)21-19(26)14-8-9-16-17(12-14)27-20(23-16)24-10-4-5-11-24/h4-5,8-13,15H,2-3,6-7H2,1H3,(H,21,26)(H,22,25)/t13-/m0/s1.